The Morgan fingerprint density at radius 1 is 1.38 bits per heavy atom. The highest BCUT2D eigenvalue weighted by Gasteiger charge is 2.37. The molecule has 2 atom stereocenters. The third-order valence-corrected chi connectivity index (χ3v) is 5.30. The second-order valence-corrected chi connectivity index (χ2v) is 6.64. The molecule has 0 saturated carbocycles. The van der Waals surface area contributed by atoms with Crippen LogP contribution < -0.4 is 4.74 Å². The minimum atomic E-state index is 0.101. The van der Waals surface area contributed by atoms with Crippen LogP contribution >= 0.6 is 11.3 Å². The van der Waals surface area contributed by atoms with Gasteiger partial charge in [0.15, 0.2) is 0 Å². The molecular formula is C15H22N2O3S. The molecule has 116 valence electrons. The molecule has 1 amide bonds. The van der Waals surface area contributed by atoms with Crippen LogP contribution in [0, 0.1) is 5.92 Å². The predicted molar refractivity (Wildman–Crippen MR) is 82.1 cm³/mol. The summed E-state index contributed by atoms with van der Waals surface area (Å²) in [6.07, 6.45) is 0. The Kier molecular flexibility index (Phi) is 4.47. The molecule has 0 unspecified atom stereocenters. The monoisotopic (exact) mass is 310 g/mol. The summed E-state index contributed by atoms with van der Waals surface area (Å²) in [5, 5.41) is 1.91. The number of rotatable bonds is 3. The van der Waals surface area contributed by atoms with E-state index in [4.69, 9.17) is 9.47 Å². The van der Waals surface area contributed by atoms with Crippen molar-refractivity contribution in [3.05, 3.63) is 16.3 Å². The van der Waals surface area contributed by atoms with Gasteiger partial charge in [0.05, 0.1) is 20.3 Å². The molecule has 2 fully saturated rings. The molecule has 1 aromatic heterocycles. The number of ether oxygens (including phenoxy) is 2. The second kappa shape index (κ2) is 6.34. The highest BCUT2D eigenvalue weighted by Crippen LogP contribution is 2.29. The number of carbonyl (C=O) groups is 1. The van der Waals surface area contributed by atoms with Crippen LogP contribution in [-0.2, 0) is 4.74 Å². The highest BCUT2D eigenvalue weighted by atomic mass is 32.1. The second-order valence-electron chi connectivity index (χ2n) is 5.72. The molecule has 5 nitrogen and oxygen atoms in total. The SMILES string of the molecule is COc1ccsc1C(=O)N1C[C@@H](C)[C@H](N2CCOCC2)C1. The van der Waals surface area contributed by atoms with Gasteiger partial charge in [0, 0.05) is 32.2 Å². The molecular weight excluding hydrogens is 288 g/mol. The average Bonchev–Trinajstić information content (AvgIpc) is 3.13. The number of hydrogen-bond acceptors (Lipinski definition) is 5. The van der Waals surface area contributed by atoms with Gasteiger partial charge in [-0.05, 0) is 17.4 Å². The molecule has 2 saturated heterocycles. The minimum Gasteiger partial charge on any atom is -0.495 e. The largest absolute Gasteiger partial charge is 0.495 e. The van der Waals surface area contributed by atoms with Crippen LogP contribution in [0.15, 0.2) is 11.4 Å². The molecule has 21 heavy (non-hydrogen) atoms. The van der Waals surface area contributed by atoms with Gasteiger partial charge in [0.25, 0.3) is 5.91 Å². The number of methoxy groups -OCH3 is 1. The lowest BCUT2D eigenvalue weighted by Gasteiger charge is -2.33. The molecule has 0 bridgehead atoms. The van der Waals surface area contributed by atoms with E-state index in [0.717, 1.165) is 39.4 Å². The normalized spacial score (nSPS) is 27.0. The lowest BCUT2D eigenvalue weighted by molar-refractivity contribution is 0.0119. The van der Waals surface area contributed by atoms with Crippen molar-refractivity contribution < 1.29 is 14.3 Å². The van der Waals surface area contributed by atoms with Crippen LogP contribution in [0.3, 0.4) is 0 Å². The molecule has 6 heteroatoms. The zero-order valence-corrected chi connectivity index (χ0v) is 13.4. The third-order valence-electron chi connectivity index (χ3n) is 4.42. The van der Waals surface area contributed by atoms with Crippen LogP contribution in [0.5, 0.6) is 5.75 Å². The highest BCUT2D eigenvalue weighted by molar-refractivity contribution is 7.12. The Labute approximate surface area is 129 Å². The average molecular weight is 310 g/mol. The standard InChI is InChI=1S/C15H22N2O3S/c1-11-9-17(10-12(11)16-4-6-20-7-5-16)15(18)14-13(19-2)3-8-21-14/h3,8,11-12H,4-7,9-10H2,1-2H3/t11-,12-/m1/s1. The van der Waals surface area contributed by atoms with E-state index in [2.05, 4.69) is 11.8 Å². The van der Waals surface area contributed by atoms with Gasteiger partial charge < -0.3 is 14.4 Å². The van der Waals surface area contributed by atoms with Crippen molar-refractivity contribution in [1.29, 1.82) is 0 Å². The Morgan fingerprint density at radius 2 is 2.14 bits per heavy atom. The van der Waals surface area contributed by atoms with Crippen molar-refractivity contribution in [2.45, 2.75) is 13.0 Å². The molecule has 1 aromatic rings. The first-order valence-corrected chi connectivity index (χ1v) is 8.31. The van der Waals surface area contributed by atoms with Crippen LogP contribution in [0.2, 0.25) is 0 Å². The van der Waals surface area contributed by atoms with Gasteiger partial charge in [-0.15, -0.1) is 11.3 Å². The summed E-state index contributed by atoms with van der Waals surface area (Å²) in [6, 6.07) is 2.31. The lowest BCUT2D eigenvalue weighted by atomic mass is 10.0. The van der Waals surface area contributed by atoms with E-state index in [-0.39, 0.29) is 5.91 Å². The molecule has 0 radical (unpaired) electrons. The van der Waals surface area contributed by atoms with Gasteiger partial charge in [0.1, 0.15) is 10.6 Å². The fraction of sp³-hybridized carbons (Fsp3) is 0.667. The van der Waals surface area contributed by atoms with E-state index in [1.807, 2.05) is 16.3 Å². The first-order chi connectivity index (χ1) is 10.2. The Morgan fingerprint density at radius 3 is 2.86 bits per heavy atom. The van der Waals surface area contributed by atoms with E-state index in [1.165, 1.54) is 11.3 Å². The number of morpholine rings is 1. The summed E-state index contributed by atoms with van der Waals surface area (Å²) in [5.74, 6) is 1.29. The summed E-state index contributed by atoms with van der Waals surface area (Å²) in [5.41, 5.74) is 0. The Balaban J connectivity index is 1.69. The third kappa shape index (κ3) is 2.93. The predicted octanol–water partition coefficient (Wildman–Crippen LogP) is 1.55. The summed E-state index contributed by atoms with van der Waals surface area (Å²) >= 11 is 1.46. The zero-order chi connectivity index (χ0) is 14.8. The van der Waals surface area contributed by atoms with Crippen molar-refractivity contribution >= 4 is 17.2 Å². The molecule has 3 rings (SSSR count). The number of hydrogen-bond donors (Lipinski definition) is 0. The maximum atomic E-state index is 12.7. The molecule has 0 aromatic carbocycles. The van der Waals surface area contributed by atoms with Crippen molar-refractivity contribution in [3.8, 4) is 5.75 Å². The number of carbonyl (C=O) groups excluding carboxylic acids is 1. The molecule has 0 aliphatic carbocycles. The van der Waals surface area contributed by atoms with Crippen molar-refractivity contribution in [3.63, 3.8) is 0 Å². The Bertz CT molecular complexity index is 499. The van der Waals surface area contributed by atoms with E-state index in [1.54, 1.807) is 7.11 Å². The smallest absolute Gasteiger partial charge is 0.267 e. The fourth-order valence-corrected chi connectivity index (χ4v) is 4.08. The van der Waals surface area contributed by atoms with Gasteiger partial charge in [0.2, 0.25) is 0 Å². The maximum Gasteiger partial charge on any atom is 0.267 e. The molecule has 2 aliphatic heterocycles. The summed E-state index contributed by atoms with van der Waals surface area (Å²) in [4.78, 5) is 17.8. The van der Waals surface area contributed by atoms with Gasteiger partial charge in [-0.2, -0.15) is 0 Å². The van der Waals surface area contributed by atoms with Crippen LogP contribution in [-0.4, -0.2) is 68.3 Å². The maximum absolute atomic E-state index is 12.7. The first kappa shape index (κ1) is 14.8. The van der Waals surface area contributed by atoms with Crippen molar-refractivity contribution in [2.24, 2.45) is 5.92 Å². The number of thiophene rings is 1. The van der Waals surface area contributed by atoms with Gasteiger partial charge in [-0.1, -0.05) is 6.92 Å². The van der Waals surface area contributed by atoms with Gasteiger partial charge in [-0.25, -0.2) is 0 Å². The number of nitrogens with zero attached hydrogens (tertiary/aromatic N) is 2. The van der Waals surface area contributed by atoms with Crippen molar-refractivity contribution in [2.75, 3.05) is 46.5 Å². The van der Waals surface area contributed by atoms with E-state index in [9.17, 15) is 4.79 Å². The zero-order valence-electron chi connectivity index (χ0n) is 12.6. The summed E-state index contributed by atoms with van der Waals surface area (Å²) < 4.78 is 10.7. The summed E-state index contributed by atoms with van der Waals surface area (Å²) in [7, 11) is 1.61. The molecule has 2 aliphatic rings. The molecule has 3 heterocycles. The molecule has 0 N–H and O–H groups in total. The van der Waals surface area contributed by atoms with E-state index >= 15 is 0 Å². The quantitative estimate of drug-likeness (QED) is 0.849. The Hall–Kier alpha value is -1.11. The first-order valence-electron chi connectivity index (χ1n) is 7.43. The van der Waals surface area contributed by atoms with Crippen LogP contribution in [0.1, 0.15) is 16.6 Å². The topological polar surface area (TPSA) is 42.0 Å². The van der Waals surface area contributed by atoms with Gasteiger partial charge in [-0.3, -0.25) is 9.69 Å². The molecule has 0 spiro atoms. The minimum absolute atomic E-state index is 0.101. The summed E-state index contributed by atoms with van der Waals surface area (Å²) in [6.45, 7) is 7.41. The van der Waals surface area contributed by atoms with Gasteiger partial charge >= 0.3 is 0 Å². The lowest BCUT2D eigenvalue weighted by Crippen LogP contribution is -2.47. The van der Waals surface area contributed by atoms with E-state index in [0.29, 0.717) is 22.6 Å². The van der Waals surface area contributed by atoms with Crippen LogP contribution in [0.4, 0.5) is 0 Å². The van der Waals surface area contributed by atoms with Crippen LogP contribution in [0.25, 0.3) is 0 Å². The van der Waals surface area contributed by atoms with Crippen molar-refractivity contribution in [1.82, 2.24) is 9.80 Å². The van der Waals surface area contributed by atoms with E-state index < -0.39 is 0 Å². The number of likely N-dealkylation sites (tertiary alicyclic amines) is 1. The fourth-order valence-electron chi connectivity index (χ4n) is 3.26. The number of amides is 1.